The Kier molecular flexibility index (Phi) is 5.09. The van der Waals surface area contributed by atoms with E-state index in [2.05, 4.69) is 27.9 Å². The van der Waals surface area contributed by atoms with Crippen LogP contribution < -0.4 is 5.32 Å². The second-order valence-electron chi connectivity index (χ2n) is 3.84. The number of aromatic hydroxyl groups is 1. The lowest BCUT2D eigenvalue weighted by molar-refractivity contribution is -0.113. The third-order valence-corrected chi connectivity index (χ3v) is 4.00. The maximum absolute atomic E-state index is 11.8. The van der Waals surface area contributed by atoms with Crippen LogP contribution in [0.1, 0.15) is 0 Å². The van der Waals surface area contributed by atoms with E-state index in [0.29, 0.717) is 5.75 Å². The van der Waals surface area contributed by atoms with Crippen LogP contribution in [0.4, 0.5) is 5.69 Å². The minimum Gasteiger partial charge on any atom is -0.508 e. The largest absolute Gasteiger partial charge is 0.508 e. The summed E-state index contributed by atoms with van der Waals surface area (Å²) in [4.78, 5) is 12.7. The average molecular weight is 385 g/mol. The van der Waals surface area contributed by atoms with Crippen LogP contribution in [0.15, 0.2) is 53.4 Å². The van der Waals surface area contributed by atoms with Gasteiger partial charge in [0.2, 0.25) is 5.91 Å². The highest BCUT2D eigenvalue weighted by Crippen LogP contribution is 2.21. The predicted octanol–water partition coefficient (Wildman–Crippen LogP) is 3.73. The van der Waals surface area contributed by atoms with Gasteiger partial charge in [0.25, 0.3) is 0 Å². The van der Waals surface area contributed by atoms with Gasteiger partial charge in [-0.25, -0.2) is 0 Å². The molecule has 2 N–H and O–H groups in total. The first kappa shape index (κ1) is 14.2. The van der Waals surface area contributed by atoms with Gasteiger partial charge in [-0.3, -0.25) is 4.79 Å². The number of anilines is 1. The third-order valence-electron chi connectivity index (χ3n) is 2.32. The van der Waals surface area contributed by atoms with E-state index in [-0.39, 0.29) is 11.7 Å². The number of thioether (sulfide) groups is 1. The lowest BCUT2D eigenvalue weighted by atomic mass is 10.3. The summed E-state index contributed by atoms with van der Waals surface area (Å²) in [7, 11) is 0. The Hall–Kier alpha value is -1.21. The number of phenolic OH excluding ortho intramolecular Hbond substituents is 1. The van der Waals surface area contributed by atoms with E-state index < -0.39 is 0 Å². The van der Waals surface area contributed by atoms with Crippen LogP contribution in [0.3, 0.4) is 0 Å². The number of nitrogens with one attached hydrogen (secondary N) is 1. The lowest BCUT2D eigenvalue weighted by Gasteiger charge is -2.05. The number of benzene rings is 2. The van der Waals surface area contributed by atoms with Gasteiger partial charge in [0, 0.05) is 14.2 Å². The molecule has 19 heavy (non-hydrogen) atoms. The number of rotatable bonds is 4. The highest BCUT2D eigenvalue weighted by Gasteiger charge is 2.04. The minimum atomic E-state index is -0.0416. The number of amides is 1. The molecule has 3 nitrogen and oxygen atoms in total. The van der Waals surface area contributed by atoms with E-state index in [1.165, 1.54) is 11.8 Å². The number of hydrogen-bond donors (Lipinski definition) is 2. The Morgan fingerprint density at radius 1 is 1.21 bits per heavy atom. The molecule has 1 amide bonds. The number of carbonyl (C=O) groups is 1. The smallest absolute Gasteiger partial charge is 0.234 e. The number of hydrogen-bond acceptors (Lipinski definition) is 3. The summed E-state index contributed by atoms with van der Waals surface area (Å²) >= 11 is 3.64. The summed E-state index contributed by atoms with van der Waals surface area (Å²) in [5.41, 5.74) is 0.809. The van der Waals surface area contributed by atoms with Crippen molar-refractivity contribution >= 4 is 45.9 Å². The topological polar surface area (TPSA) is 49.3 Å². The Balaban J connectivity index is 1.86. The maximum Gasteiger partial charge on any atom is 0.234 e. The fraction of sp³-hybridized carbons (Fsp3) is 0.0714. The van der Waals surface area contributed by atoms with E-state index in [9.17, 15) is 4.79 Å². The second kappa shape index (κ2) is 6.81. The summed E-state index contributed by atoms with van der Waals surface area (Å²) in [6, 6.07) is 14.5. The first-order chi connectivity index (χ1) is 9.13. The average Bonchev–Trinajstić information content (AvgIpc) is 2.38. The van der Waals surface area contributed by atoms with Gasteiger partial charge in [0.15, 0.2) is 0 Å². The molecule has 0 aliphatic rings. The van der Waals surface area contributed by atoms with E-state index >= 15 is 0 Å². The van der Waals surface area contributed by atoms with Crippen LogP contribution in [0, 0.1) is 3.57 Å². The van der Waals surface area contributed by atoms with E-state index in [1.54, 1.807) is 24.3 Å². The highest BCUT2D eigenvalue weighted by atomic mass is 127. The fourth-order valence-corrected chi connectivity index (χ4v) is 2.70. The van der Waals surface area contributed by atoms with Crippen molar-refractivity contribution in [2.45, 2.75) is 4.90 Å². The van der Waals surface area contributed by atoms with Gasteiger partial charge in [-0.1, -0.05) is 6.07 Å². The van der Waals surface area contributed by atoms with E-state index in [0.717, 1.165) is 14.2 Å². The van der Waals surface area contributed by atoms with Gasteiger partial charge in [-0.2, -0.15) is 0 Å². The monoisotopic (exact) mass is 385 g/mol. The fourth-order valence-electron chi connectivity index (χ4n) is 1.45. The SMILES string of the molecule is O=C(CSc1ccc(O)cc1)Nc1cccc(I)c1. The van der Waals surface area contributed by atoms with Crippen molar-refractivity contribution in [3.8, 4) is 5.75 Å². The first-order valence-electron chi connectivity index (χ1n) is 5.61. The van der Waals surface area contributed by atoms with Gasteiger partial charge in [-0.15, -0.1) is 11.8 Å². The van der Waals surface area contributed by atoms with Crippen LogP contribution in [-0.2, 0) is 4.79 Å². The number of carbonyl (C=O) groups excluding carboxylic acids is 1. The van der Waals surface area contributed by atoms with Gasteiger partial charge < -0.3 is 10.4 Å². The molecule has 98 valence electrons. The van der Waals surface area contributed by atoms with Crippen LogP contribution in [-0.4, -0.2) is 16.8 Å². The quantitative estimate of drug-likeness (QED) is 0.623. The Labute approximate surface area is 129 Å². The molecule has 2 aromatic carbocycles. The normalized spacial score (nSPS) is 10.2. The summed E-state index contributed by atoms with van der Waals surface area (Å²) in [5.74, 6) is 0.531. The van der Waals surface area contributed by atoms with Crippen molar-refractivity contribution in [3.05, 3.63) is 52.1 Å². The van der Waals surface area contributed by atoms with Gasteiger partial charge in [-0.05, 0) is 65.1 Å². The zero-order valence-corrected chi connectivity index (χ0v) is 12.9. The van der Waals surface area contributed by atoms with Crippen molar-refractivity contribution in [2.24, 2.45) is 0 Å². The molecule has 0 spiro atoms. The zero-order valence-electron chi connectivity index (χ0n) is 9.97. The molecule has 0 aromatic heterocycles. The molecule has 0 saturated carbocycles. The molecule has 2 aromatic rings. The zero-order chi connectivity index (χ0) is 13.7. The van der Waals surface area contributed by atoms with Crippen LogP contribution in [0.5, 0.6) is 5.75 Å². The molecule has 0 atom stereocenters. The molecule has 0 unspecified atom stereocenters. The van der Waals surface area contributed by atoms with Crippen LogP contribution in [0.25, 0.3) is 0 Å². The Morgan fingerprint density at radius 2 is 1.95 bits per heavy atom. The standard InChI is InChI=1S/C14H12INO2S/c15-10-2-1-3-11(8-10)16-14(18)9-19-13-6-4-12(17)5-7-13/h1-8,17H,9H2,(H,16,18). The lowest BCUT2D eigenvalue weighted by Crippen LogP contribution is -2.13. The molecule has 5 heteroatoms. The second-order valence-corrected chi connectivity index (χ2v) is 6.14. The third kappa shape index (κ3) is 4.76. The van der Waals surface area contributed by atoms with Crippen molar-refractivity contribution in [3.63, 3.8) is 0 Å². The summed E-state index contributed by atoms with van der Waals surface area (Å²) in [6.45, 7) is 0. The molecule has 0 aliphatic carbocycles. The van der Waals surface area contributed by atoms with Crippen molar-refractivity contribution in [1.29, 1.82) is 0 Å². The maximum atomic E-state index is 11.8. The van der Waals surface area contributed by atoms with Gasteiger partial charge in [0.05, 0.1) is 5.75 Å². The number of halogens is 1. The van der Waals surface area contributed by atoms with Crippen LogP contribution in [0.2, 0.25) is 0 Å². The Bertz CT molecular complexity index is 572. The molecule has 0 radical (unpaired) electrons. The van der Waals surface area contributed by atoms with Crippen molar-refractivity contribution < 1.29 is 9.90 Å². The van der Waals surface area contributed by atoms with Crippen LogP contribution >= 0.6 is 34.4 Å². The van der Waals surface area contributed by atoms with E-state index in [4.69, 9.17) is 5.11 Å². The predicted molar refractivity (Wildman–Crippen MR) is 86.6 cm³/mol. The molecule has 0 aliphatic heterocycles. The van der Waals surface area contributed by atoms with Gasteiger partial charge >= 0.3 is 0 Å². The summed E-state index contributed by atoms with van der Waals surface area (Å²) in [6.07, 6.45) is 0. The Morgan fingerprint density at radius 3 is 2.63 bits per heavy atom. The molecule has 0 saturated heterocycles. The van der Waals surface area contributed by atoms with Crippen molar-refractivity contribution in [1.82, 2.24) is 0 Å². The summed E-state index contributed by atoms with van der Waals surface area (Å²) in [5, 5.41) is 12.0. The van der Waals surface area contributed by atoms with Gasteiger partial charge in [0.1, 0.15) is 5.75 Å². The number of phenols is 1. The molecular formula is C14H12INO2S. The van der Waals surface area contributed by atoms with E-state index in [1.807, 2.05) is 24.3 Å². The molecule has 0 fully saturated rings. The highest BCUT2D eigenvalue weighted by molar-refractivity contribution is 14.1. The molecule has 0 bridgehead atoms. The van der Waals surface area contributed by atoms with Crippen molar-refractivity contribution in [2.75, 3.05) is 11.1 Å². The summed E-state index contributed by atoms with van der Waals surface area (Å²) < 4.78 is 1.08. The minimum absolute atomic E-state index is 0.0416. The molecule has 0 heterocycles. The molecule has 2 rings (SSSR count). The molecular weight excluding hydrogens is 373 g/mol. The first-order valence-corrected chi connectivity index (χ1v) is 7.67.